The van der Waals surface area contributed by atoms with E-state index >= 15 is 0 Å². The van der Waals surface area contributed by atoms with Gasteiger partial charge in [-0.15, -0.1) is 22.7 Å². The van der Waals surface area contributed by atoms with Gasteiger partial charge in [0.05, 0.1) is 22.1 Å². The van der Waals surface area contributed by atoms with Crippen molar-refractivity contribution in [3.8, 4) is 33.6 Å². The Labute approximate surface area is 366 Å². The average Bonchev–Trinajstić information content (AvgIpc) is 4.06. The van der Waals surface area contributed by atoms with Crippen molar-refractivity contribution in [2.75, 3.05) is 0 Å². The van der Waals surface area contributed by atoms with Crippen LogP contribution in [0.4, 0.5) is 0 Å². The number of nitrogens with zero attached hydrogens (tertiary/aromatic N) is 2. The van der Waals surface area contributed by atoms with E-state index in [4.69, 9.17) is 0 Å². The van der Waals surface area contributed by atoms with Gasteiger partial charge in [-0.25, -0.2) is 0 Å². The molecule has 2 aliphatic rings. The van der Waals surface area contributed by atoms with E-state index in [-0.39, 0.29) is 5.27 Å². The molecule has 0 N–H and O–H groups in total. The topological polar surface area (TPSA) is 9.86 Å². The van der Waals surface area contributed by atoms with Gasteiger partial charge in [0.1, 0.15) is 0 Å². The number of para-hydroxylation sites is 2. The Balaban J connectivity index is 1.03. The van der Waals surface area contributed by atoms with E-state index in [1.165, 1.54) is 133 Å². The van der Waals surface area contributed by atoms with Crippen molar-refractivity contribution in [2.24, 2.45) is 0 Å². The number of hydrogen-bond acceptors (Lipinski definition) is 4. The van der Waals surface area contributed by atoms with E-state index in [2.05, 4.69) is 185 Å². The lowest BCUT2D eigenvalue weighted by Crippen LogP contribution is -2.33. The predicted molar refractivity (Wildman–Crippen MR) is 269 cm³/mol. The Hall–Kier alpha value is -6.22. The Morgan fingerprint density at radius 2 is 0.852 bits per heavy atom. The molecular weight excluding hydrogens is 816 g/mol. The predicted octanol–water partition coefficient (Wildman–Crippen LogP) is 15.9. The summed E-state index contributed by atoms with van der Waals surface area (Å²) < 4.78 is 10.4. The summed E-state index contributed by atoms with van der Waals surface area (Å²) in [5.41, 5.74) is 14.2. The zero-order valence-electron chi connectivity index (χ0n) is 32.3. The number of thiophene rings is 2. The summed E-state index contributed by atoms with van der Waals surface area (Å²) in [5, 5.41) is 10.7. The molecule has 15 rings (SSSR count). The molecule has 0 bridgehead atoms. The highest BCUT2D eigenvalue weighted by Gasteiger charge is 2.38. The lowest BCUT2D eigenvalue weighted by molar-refractivity contribution is 1.17. The molecule has 0 amide bonds. The Kier molecular flexibility index (Phi) is 6.70. The molecule has 4 aromatic heterocycles. The summed E-state index contributed by atoms with van der Waals surface area (Å²) >= 11 is 7.81. The average molecular weight is 845 g/mol. The number of fused-ring (bicyclic) bond motifs is 18. The molecule has 61 heavy (non-hydrogen) atoms. The van der Waals surface area contributed by atoms with E-state index in [0.717, 1.165) is 0 Å². The van der Waals surface area contributed by atoms with Crippen molar-refractivity contribution in [1.82, 2.24) is 9.13 Å². The second kappa shape index (κ2) is 12.2. The van der Waals surface area contributed by atoms with Gasteiger partial charge in [-0.2, -0.15) is 23.2 Å². The van der Waals surface area contributed by atoms with Crippen LogP contribution < -0.4 is 5.46 Å². The van der Waals surface area contributed by atoms with Crippen molar-refractivity contribution in [1.29, 1.82) is 0 Å². The van der Waals surface area contributed by atoms with Crippen LogP contribution in [0.5, 0.6) is 0 Å². The van der Waals surface area contributed by atoms with E-state index in [1.54, 1.807) is 0 Å². The lowest BCUT2D eigenvalue weighted by atomic mass is 9.77. The summed E-state index contributed by atoms with van der Waals surface area (Å²) in [4.78, 5) is 2.67. The lowest BCUT2D eigenvalue weighted by Gasteiger charge is -2.33. The molecule has 0 aliphatic carbocycles. The summed E-state index contributed by atoms with van der Waals surface area (Å²) in [5.74, 6) is 0. The summed E-state index contributed by atoms with van der Waals surface area (Å²) in [6.45, 7) is 0. The molecule has 0 fully saturated rings. The molecule has 0 atom stereocenters. The summed E-state index contributed by atoms with van der Waals surface area (Å²) in [6, 6.07) is 66.5. The van der Waals surface area contributed by atoms with Gasteiger partial charge >= 0.3 is 5.27 Å². The smallest absolute Gasteiger partial charge is 0.309 e. The number of aromatic nitrogens is 2. The van der Waals surface area contributed by atoms with Gasteiger partial charge in [0.25, 0.3) is 0 Å². The zero-order valence-corrected chi connectivity index (χ0v) is 35.6. The molecule has 6 heterocycles. The van der Waals surface area contributed by atoms with Crippen LogP contribution in [0.2, 0.25) is 0 Å². The molecule has 0 radical (unpaired) electrons. The molecule has 7 heteroatoms. The van der Waals surface area contributed by atoms with Crippen molar-refractivity contribution in [2.45, 2.75) is 9.79 Å². The maximum absolute atomic E-state index is 2.58. The van der Waals surface area contributed by atoms with Crippen molar-refractivity contribution < 1.29 is 0 Å². The first-order chi connectivity index (χ1) is 30.2. The zero-order chi connectivity index (χ0) is 39.5. The van der Waals surface area contributed by atoms with Crippen molar-refractivity contribution >= 4 is 141 Å². The van der Waals surface area contributed by atoms with Crippen LogP contribution in [-0.2, 0) is 0 Å². The third-order valence-corrected chi connectivity index (χ3v) is 18.1. The fraction of sp³-hybridized carbons (Fsp3) is 0. The molecule has 0 saturated carbocycles. The molecule has 282 valence electrons. The largest absolute Gasteiger partial charge is 0.318 e. The van der Waals surface area contributed by atoms with Crippen LogP contribution in [0.15, 0.2) is 186 Å². The first-order valence-corrected chi connectivity index (χ1v) is 24.1. The highest BCUT2D eigenvalue weighted by atomic mass is 32.2. The van der Waals surface area contributed by atoms with Crippen LogP contribution >= 0.6 is 45.9 Å². The fourth-order valence-electron chi connectivity index (χ4n) is 10.7. The third-order valence-electron chi connectivity index (χ3n) is 13.2. The summed E-state index contributed by atoms with van der Waals surface area (Å²) in [6.07, 6.45) is 0. The molecule has 0 spiro atoms. The first kappa shape index (κ1) is 33.5. The van der Waals surface area contributed by atoms with E-state index < -0.39 is 0 Å². The van der Waals surface area contributed by atoms with Crippen molar-refractivity contribution in [3.63, 3.8) is 0 Å². The minimum absolute atomic E-state index is 0.230. The Morgan fingerprint density at radius 3 is 1.49 bits per heavy atom. The van der Waals surface area contributed by atoms with E-state index in [9.17, 15) is 0 Å². The molecule has 9 aromatic carbocycles. The molecular formula is C54H29BN2S4. The molecule has 0 unspecified atom stereocenters. The second-order valence-corrected chi connectivity index (χ2v) is 21.0. The van der Waals surface area contributed by atoms with Crippen molar-refractivity contribution in [3.05, 3.63) is 176 Å². The van der Waals surface area contributed by atoms with Gasteiger partial charge in [0.2, 0.25) is 0 Å². The highest BCUT2D eigenvalue weighted by Crippen LogP contribution is 2.52. The van der Waals surface area contributed by atoms with Gasteiger partial charge < -0.3 is 9.13 Å². The van der Waals surface area contributed by atoms with Crippen LogP contribution in [0.1, 0.15) is 0 Å². The maximum atomic E-state index is 2.58. The Bertz CT molecular complexity index is 4090. The molecule has 13 aromatic rings. The summed E-state index contributed by atoms with van der Waals surface area (Å²) in [7, 11) is 0. The van der Waals surface area contributed by atoms with Crippen LogP contribution in [-0.4, -0.2) is 14.4 Å². The van der Waals surface area contributed by atoms with Gasteiger partial charge in [0, 0.05) is 83.1 Å². The van der Waals surface area contributed by atoms with Gasteiger partial charge in [0.15, 0.2) is 0 Å². The monoisotopic (exact) mass is 844 g/mol. The number of benzene rings is 9. The minimum atomic E-state index is 0.230. The van der Waals surface area contributed by atoms with Gasteiger partial charge in [-0.05, 0) is 94.4 Å². The normalized spacial score (nSPS) is 13.4. The first-order valence-electron chi connectivity index (χ1n) is 20.7. The second-order valence-electron chi connectivity index (χ2n) is 16.3. The molecule has 2 nitrogen and oxygen atoms in total. The van der Waals surface area contributed by atoms with Crippen LogP contribution in [0.3, 0.4) is 0 Å². The van der Waals surface area contributed by atoms with E-state index in [1.807, 2.05) is 45.9 Å². The fourth-order valence-corrected chi connectivity index (χ4v) is 15.9. The maximum Gasteiger partial charge on any atom is 0.318 e. The van der Waals surface area contributed by atoms with E-state index in [0.29, 0.717) is 0 Å². The standard InChI is InChI=1S/C54H29BN2S4/c1-6-16-42-32(11-1)36-23-25-47-50(38-14-4-8-18-44(38)58-47)53(36)56(42)30-21-22-35-41-28-31(27-40-34-13-3-10-20-46(34)60-55(52(40)41)61-49(35)29-30)57-43-17-7-2-12-33(43)37-24-26-48-51(54(37)57)39-15-5-9-19-45(39)59-48/h1-29H. The van der Waals surface area contributed by atoms with Gasteiger partial charge in [-0.3, -0.25) is 0 Å². The minimum Gasteiger partial charge on any atom is -0.309 e. The Morgan fingerprint density at radius 1 is 0.344 bits per heavy atom. The highest BCUT2D eigenvalue weighted by molar-refractivity contribution is 8.56. The molecule has 2 aliphatic heterocycles. The SMILES string of the molecule is c1ccc2c(c1)SB1Sc3cc(-n4c5ccccc5c5ccc6sc7ccccc7c6c54)ccc3-c3cc(-n4c5ccccc5c5ccc6sc7ccccc7c6c54)cc-2c31. The molecule has 0 saturated heterocycles. The van der Waals surface area contributed by atoms with Crippen LogP contribution in [0.25, 0.3) is 118 Å². The van der Waals surface area contributed by atoms with Crippen LogP contribution in [0, 0.1) is 0 Å². The van der Waals surface area contributed by atoms with Gasteiger partial charge in [-0.1, -0.05) is 109 Å². The third kappa shape index (κ3) is 4.46. The quantitative estimate of drug-likeness (QED) is 0.160. The number of rotatable bonds is 2. The number of hydrogen-bond donors (Lipinski definition) is 0.